The lowest BCUT2D eigenvalue weighted by atomic mass is 10.2. The monoisotopic (exact) mass is 641 g/mol. The predicted octanol–water partition coefficient (Wildman–Crippen LogP) is 1.59. The van der Waals surface area contributed by atoms with Gasteiger partial charge in [0.1, 0.15) is 30.2 Å². The summed E-state index contributed by atoms with van der Waals surface area (Å²) in [5, 5.41) is 0.780. The second-order valence-corrected chi connectivity index (χ2v) is 13.2. The van der Waals surface area contributed by atoms with Crippen LogP contribution in [-0.4, -0.2) is 74.7 Å². The van der Waals surface area contributed by atoms with Crippen molar-refractivity contribution in [3.8, 4) is 0 Å². The molecule has 0 radical (unpaired) electrons. The van der Waals surface area contributed by atoms with Gasteiger partial charge in [-0.3, -0.25) is 14.3 Å². The second-order valence-electron chi connectivity index (χ2n) is 9.79. The van der Waals surface area contributed by atoms with Crippen LogP contribution in [0.4, 0.5) is 11.8 Å². The van der Waals surface area contributed by atoms with Crippen LogP contribution in [0.5, 0.6) is 0 Å². The number of hydrogen-bond acceptors (Lipinski definition) is 13. The molecule has 5 unspecified atom stereocenters. The second kappa shape index (κ2) is 12.9. The fourth-order valence-corrected chi connectivity index (χ4v) is 5.46. The number of anilines is 2. The minimum atomic E-state index is -3.63. The molecule has 6 heterocycles. The van der Waals surface area contributed by atoms with E-state index in [2.05, 4.69) is 49.4 Å². The average molecular weight is 642 g/mol. The largest absolute Gasteiger partial charge is 0.383 e. The SMILES string of the molecule is CC(S)OCC1CCC(n2cnc3c(=O)[nH]c(N)nc32)O1.Nc1ncnc2c1ccn2C1CCC(COP(O)(O)=S)O1. The van der Waals surface area contributed by atoms with E-state index in [1.54, 1.807) is 10.9 Å². The molecular formula is C23H32N9O7PS2. The fourth-order valence-electron chi connectivity index (χ4n) is 4.83. The molecule has 6 rings (SSSR count). The van der Waals surface area contributed by atoms with Crippen molar-refractivity contribution in [3.05, 3.63) is 35.3 Å². The van der Waals surface area contributed by atoms with Crippen molar-refractivity contribution >= 4 is 65.1 Å². The Morgan fingerprint density at radius 2 is 1.81 bits per heavy atom. The molecule has 4 aromatic heterocycles. The maximum Gasteiger partial charge on any atom is 0.321 e. The number of ether oxygens (including phenoxy) is 3. The van der Waals surface area contributed by atoms with Crippen molar-refractivity contribution < 1.29 is 28.5 Å². The Balaban J connectivity index is 0.000000168. The molecule has 42 heavy (non-hydrogen) atoms. The normalized spacial score (nSPS) is 23.3. The fraction of sp³-hybridized carbons (Fsp3) is 0.522. The highest BCUT2D eigenvalue weighted by Crippen LogP contribution is 2.39. The molecular weight excluding hydrogens is 609 g/mol. The Morgan fingerprint density at radius 1 is 1.12 bits per heavy atom. The third-order valence-electron chi connectivity index (χ3n) is 6.73. The molecule has 2 saturated heterocycles. The smallest absolute Gasteiger partial charge is 0.321 e. The van der Waals surface area contributed by atoms with E-state index < -0.39 is 6.72 Å². The van der Waals surface area contributed by atoms with Gasteiger partial charge in [0.2, 0.25) is 5.95 Å². The number of thiol groups is 1. The summed E-state index contributed by atoms with van der Waals surface area (Å²) in [5.74, 6) is 0.494. The molecule has 0 amide bonds. The van der Waals surface area contributed by atoms with Crippen molar-refractivity contribution in [2.45, 2.75) is 62.7 Å². The molecule has 228 valence electrons. The Labute approximate surface area is 250 Å². The van der Waals surface area contributed by atoms with Crippen LogP contribution < -0.4 is 17.0 Å². The summed E-state index contributed by atoms with van der Waals surface area (Å²) in [5.41, 5.74) is 12.3. The van der Waals surface area contributed by atoms with Gasteiger partial charge in [0.25, 0.3) is 5.56 Å². The van der Waals surface area contributed by atoms with E-state index in [9.17, 15) is 4.79 Å². The Morgan fingerprint density at radius 3 is 2.50 bits per heavy atom. The van der Waals surface area contributed by atoms with Crippen LogP contribution in [0.2, 0.25) is 0 Å². The Kier molecular flexibility index (Phi) is 9.46. The number of rotatable bonds is 8. The number of hydrogen-bond donors (Lipinski definition) is 6. The third-order valence-corrected chi connectivity index (χ3v) is 7.68. The van der Waals surface area contributed by atoms with E-state index in [-0.39, 0.29) is 53.7 Å². The number of nitrogens with two attached hydrogens (primary N) is 2. The van der Waals surface area contributed by atoms with Crippen LogP contribution >= 0.6 is 19.3 Å². The van der Waals surface area contributed by atoms with Crippen molar-refractivity contribution in [2.75, 3.05) is 24.7 Å². The Bertz CT molecular complexity index is 1640. The average Bonchev–Trinajstić information content (AvgIpc) is 3.72. The molecule has 19 heteroatoms. The Hall–Kier alpha value is -2.67. The van der Waals surface area contributed by atoms with Gasteiger partial charge in [0, 0.05) is 6.20 Å². The number of nitrogen functional groups attached to an aromatic ring is 2. The zero-order chi connectivity index (χ0) is 30.0. The first-order chi connectivity index (χ1) is 20.0. The number of fused-ring (bicyclic) bond motifs is 2. The van der Waals surface area contributed by atoms with Crippen LogP contribution in [0.3, 0.4) is 0 Å². The molecule has 5 atom stereocenters. The molecule has 2 fully saturated rings. The maximum atomic E-state index is 11.7. The van der Waals surface area contributed by atoms with Gasteiger partial charge in [-0.2, -0.15) is 4.98 Å². The summed E-state index contributed by atoms with van der Waals surface area (Å²) >= 11 is 8.58. The van der Waals surface area contributed by atoms with Gasteiger partial charge in [-0.15, -0.1) is 12.6 Å². The first kappa shape index (κ1) is 30.8. The van der Waals surface area contributed by atoms with Gasteiger partial charge in [0.15, 0.2) is 11.2 Å². The summed E-state index contributed by atoms with van der Waals surface area (Å²) in [7, 11) is 0. The highest BCUT2D eigenvalue weighted by Gasteiger charge is 2.30. The lowest BCUT2D eigenvalue weighted by Crippen LogP contribution is -2.19. The van der Waals surface area contributed by atoms with E-state index in [1.807, 2.05) is 23.8 Å². The lowest BCUT2D eigenvalue weighted by Gasteiger charge is -2.17. The standard InChI is InChI=1S/C12H17N5O3S.C11H15N4O4PS/c1-6(21)19-4-7-2-3-8(20-7)17-5-14-9-10(17)15-12(13)16-11(9)18;12-10-8-3-4-15(11(8)14-6-13-10)9-2-1-7(19-9)5-18-20(16,17)21/h5-8,21H,2-4H2,1H3,(H3,13,15,16,18);3-4,6-7,9H,1-2,5H2,(H2,12,13,14)(H2,16,17,21). The van der Waals surface area contributed by atoms with Gasteiger partial charge >= 0.3 is 6.72 Å². The first-order valence-electron chi connectivity index (χ1n) is 13.1. The van der Waals surface area contributed by atoms with Gasteiger partial charge < -0.3 is 44.6 Å². The number of aromatic amines is 1. The summed E-state index contributed by atoms with van der Waals surface area (Å²) in [6.07, 6.45) is 7.35. The number of aromatic nitrogens is 7. The summed E-state index contributed by atoms with van der Waals surface area (Å²) in [6, 6.07) is 1.85. The summed E-state index contributed by atoms with van der Waals surface area (Å²) < 4.78 is 25.7. The van der Waals surface area contributed by atoms with E-state index >= 15 is 0 Å². The molecule has 0 aliphatic carbocycles. The summed E-state index contributed by atoms with van der Waals surface area (Å²) in [4.78, 5) is 48.7. The third kappa shape index (κ3) is 7.27. The molecule has 7 N–H and O–H groups in total. The molecule has 0 saturated carbocycles. The highest BCUT2D eigenvalue weighted by molar-refractivity contribution is 8.06. The van der Waals surface area contributed by atoms with E-state index in [1.165, 1.54) is 6.33 Å². The zero-order valence-electron chi connectivity index (χ0n) is 22.5. The van der Waals surface area contributed by atoms with Gasteiger partial charge in [-0.25, -0.2) is 15.0 Å². The van der Waals surface area contributed by atoms with Crippen LogP contribution in [0.1, 0.15) is 45.1 Å². The van der Waals surface area contributed by atoms with E-state index in [0.29, 0.717) is 23.7 Å². The number of nitrogens with one attached hydrogen (secondary N) is 1. The summed E-state index contributed by atoms with van der Waals surface area (Å²) in [6.45, 7) is -1.22. The maximum absolute atomic E-state index is 11.7. The molecule has 2 aliphatic rings. The molecule has 0 aromatic carbocycles. The van der Waals surface area contributed by atoms with Crippen molar-refractivity contribution in [3.63, 3.8) is 0 Å². The van der Waals surface area contributed by atoms with Gasteiger partial charge in [-0.05, 0) is 50.5 Å². The van der Waals surface area contributed by atoms with Crippen LogP contribution in [0.15, 0.2) is 29.7 Å². The molecule has 2 aliphatic heterocycles. The van der Waals surface area contributed by atoms with E-state index in [4.69, 9.17) is 40.0 Å². The van der Waals surface area contributed by atoms with Crippen LogP contribution in [-0.2, 0) is 30.5 Å². The first-order valence-corrected chi connectivity index (χ1v) is 16.2. The molecule has 4 aromatic rings. The van der Waals surface area contributed by atoms with Crippen molar-refractivity contribution in [1.82, 2.24) is 34.1 Å². The number of imidazole rings is 1. The van der Waals surface area contributed by atoms with E-state index in [0.717, 1.165) is 31.1 Å². The van der Waals surface area contributed by atoms with Crippen LogP contribution in [0, 0.1) is 0 Å². The topological polar surface area (TPSA) is 224 Å². The van der Waals surface area contributed by atoms with Crippen molar-refractivity contribution in [2.24, 2.45) is 0 Å². The van der Waals surface area contributed by atoms with Crippen molar-refractivity contribution in [1.29, 1.82) is 0 Å². The number of H-pyrrole nitrogens is 1. The molecule has 0 spiro atoms. The molecule has 16 nitrogen and oxygen atoms in total. The zero-order valence-corrected chi connectivity index (χ0v) is 25.1. The minimum Gasteiger partial charge on any atom is -0.383 e. The van der Waals surface area contributed by atoms with Gasteiger partial charge in [0.05, 0.1) is 42.6 Å². The quantitative estimate of drug-likeness (QED) is 0.0913. The molecule has 0 bridgehead atoms. The predicted molar refractivity (Wildman–Crippen MR) is 160 cm³/mol. The lowest BCUT2D eigenvalue weighted by molar-refractivity contribution is -0.0421. The number of nitrogens with zero attached hydrogens (tertiary/aromatic N) is 6. The minimum absolute atomic E-state index is 0.00129. The van der Waals surface area contributed by atoms with Crippen LogP contribution in [0.25, 0.3) is 22.2 Å². The highest BCUT2D eigenvalue weighted by atomic mass is 32.5. The van der Waals surface area contributed by atoms with Gasteiger partial charge in [-0.1, -0.05) is 0 Å².